The van der Waals surface area contributed by atoms with Crippen molar-refractivity contribution >= 4 is 22.6 Å². The fourth-order valence-electron chi connectivity index (χ4n) is 3.45. The number of hydrogen-bond donors (Lipinski definition) is 1. The molecule has 0 saturated carbocycles. The van der Waals surface area contributed by atoms with Gasteiger partial charge in [0.2, 0.25) is 5.88 Å². The van der Waals surface area contributed by atoms with Gasteiger partial charge >= 0.3 is 12.1 Å². The Morgan fingerprint density at radius 1 is 1.00 bits per heavy atom. The van der Waals surface area contributed by atoms with Crippen molar-refractivity contribution in [3.63, 3.8) is 0 Å². The van der Waals surface area contributed by atoms with Gasteiger partial charge in [0.05, 0.1) is 23.6 Å². The molecule has 0 radical (unpaired) electrons. The monoisotopic (exact) mass is 485 g/mol. The van der Waals surface area contributed by atoms with E-state index in [0.717, 1.165) is 5.56 Å². The van der Waals surface area contributed by atoms with Crippen molar-refractivity contribution in [2.75, 3.05) is 12.4 Å². The molecule has 2 aromatic carbocycles. The Kier molecular flexibility index (Phi) is 6.54. The van der Waals surface area contributed by atoms with Crippen LogP contribution < -0.4 is 10.1 Å². The maximum atomic E-state index is 14.3. The Bertz CT molecular complexity index is 1370. The number of carbonyl (C=O) groups excluding carboxylic acids is 1. The molecule has 0 aliphatic heterocycles. The summed E-state index contributed by atoms with van der Waals surface area (Å²) in [5.74, 6) is -1.80. The number of methoxy groups -OCH3 is 1. The summed E-state index contributed by atoms with van der Waals surface area (Å²) in [6, 6.07) is 11.7. The molecular formula is C25H19F4N3O3. The SMILES string of the molecule is COC(=O)c1ccc([C@H](C)Nc2nccc3ccnc(Oc4cc(C(F)(F)F)ccc4F)c23)cc1. The standard InChI is InChI=1S/C25H19F4N3O3/c1-14(15-3-5-17(6-4-15)24(33)34-2)32-22-21-16(9-11-30-22)10-12-31-23(21)35-20-13-18(25(27,28)29)7-8-19(20)26/h3-14H,1-2H3,(H,30,32)/t14-/m0/s1. The normalized spacial score (nSPS) is 12.3. The van der Waals surface area contributed by atoms with E-state index in [-0.39, 0.29) is 11.9 Å². The molecule has 0 aliphatic rings. The molecule has 0 fully saturated rings. The van der Waals surface area contributed by atoms with Crippen molar-refractivity contribution in [2.24, 2.45) is 0 Å². The lowest BCUT2D eigenvalue weighted by Gasteiger charge is -2.18. The molecule has 0 unspecified atom stereocenters. The second kappa shape index (κ2) is 9.57. The van der Waals surface area contributed by atoms with Gasteiger partial charge in [0.25, 0.3) is 0 Å². The second-order valence-corrected chi connectivity index (χ2v) is 7.60. The summed E-state index contributed by atoms with van der Waals surface area (Å²) < 4.78 is 63.9. The van der Waals surface area contributed by atoms with Gasteiger partial charge in [-0.15, -0.1) is 0 Å². The number of aromatic nitrogens is 2. The van der Waals surface area contributed by atoms with Gasteiger partial charge in [0, 0.05) is 18.4 Å². The maximum Gasteiger partial charge on any atom is 0.416 e. The number of nitrogens with zero attached hydrogens (tertiary/aromatic N) is 2. The minimum atomic E-state index is -4.66. The van der Waals surface area contributed by atoms with Crippen molar-refractivity contribution in [1.82, 2.24) is 9.97 Å². The summed E-state index contributed by atoms with van der Waals surface area (Å²) in [7, 11) is 1.30. The minimum Gasteiger partial charge on any atom is -0.465 e. The van der Waals surface area contributed by atoms with Gasteiger partial charge in [-0.05, 0) is 60.3 Å². The summed E-state index contributed by atoms with van der Waals surface area (Å²) in [6.45, 7) is 1.86. The fraction of sp³-hybridized carbons (Fsp3) is 0.160. The number of halogens is 4. The van der Waals surface area contributed by atoms with E-state index in [0.29, 0.717) is 40.4 Å². The topological polar surface area (TPSA) is 73.3 Å². The quantitative estimate of drug-likeness (QED) is 0.247. The van der Waals surface area contributed by atoms with Crippen LogP contribution in [0.25, 0.3) is 10.8 Å². The summed E-state index contributed by atoms with van der Waals surface area (Å²) in [6.07, 6.45) is -1.71. The first-order valence-electron chi connectivity index (χ1n) is 10.4. The molecule has 180 valence electrons. The zero-order chi connectivity index (χ0) is 25.2. The van der Waals surface area contributed by atoms with E-state index in [1.165, 1.54) is 13.3 Å². The van der Waals surface area contributed by atoms with Crippen LogP contribution in [-0.2, 0) is 10.9 Å². The van der Waals surface area contributed by atoms with Crippen molar-refractivity contribution in [2.45, 2.75) is 19.1 Å². The maximum absolute atomic E-state index is 14.3. The number of anilines is 1. The van der Waals surface area contributed by atoms with Crippen LogP contribution in [-0.4, -0.2) is 23.0 Å². The Balaban J connectivity index is 1.68. The van der Waals surface area contributed by atoms with Crippen LogP contribution in [0.1, 0.15) is 34.5 Å². The van der Waals surface area contributed by atoms with Crippen LogP contribution in [0, 0.1) is 5.82 Å². The van der Waals surface area contributed by atoms with E-state index < -0.39 is 29.3 Å². The molecule has 2 heterocycles. The van der Waals surface area contributed by atoms with Crippen molar-refractivity contribution in [3.05, 3.63) is 89.5 Å². The molecule has 1 atom stereocenters. The lowest BCUT2D eigenvalue weighted by molar-refractivity contribution is -0.137. The highest BCUT2D eigenvalue weighted by Crippen LogP contribution is 2.37. The predicted octanol–water partition coefficient (Wildman–Crippen LogP) is 6.54. The average molecular weight is 485 g/mol. The zero-order valence-corrected chi connectivity index (χ0v) is 18.6. The number of alkyl halides is 3. The Labute approximate surface area is 197 Å². The van der Waals surface area contributed by atoms with Crippen molar-refractivity contribution in [1.29, 1.82) is 0 Å². The number of hydrogen-bond acceptors (Lipinski definition) is 6. The highest BCUT2D eigenvalue weighted by molar-refractivity contribution is 5.96. The molecule has 0 saturated heterocycles. The van der Waals surface area contributed by atoms with Crippen LogP contribution in [0.4, 0.5) is 23.4 Å². The highest BCUT2D eigenvalue weighted by atomic mass is 19.4. The summed E-state index contributed by atoms with van der Waals surface area (Å²) in [4.78, 5) is 20.1. The number of fused-ring (bicyclic) bond motifs is 1. The molecule has 6 nitrogen and oxygen atoms in total. The van der Waals surface area contributed by atoms with Gasteiger partial charge in [0.15, 0.2) is 11.6 Å². The predicted molar refractivity (Wildman–Crippen MR) is 121 cm³/mol. The molecule has 10 heteroatoms. The summed E-state index contributed by atoms with van der Waals surface area (Å²) in [5, 5.41) is 4.22. The largest absolute Gasteiger partial charge is 0.465 e. The van der Waals surface area contributed by atoms with Gasteiger partial charge in [-0.2, -0.15) is 13.2 Å². The third-order valence-electron chi connectivity index (χ3n) is 5.29. The second-order valence-electron chi connectivity index (χ2n) is 7.60. The van der Waals surface area contributed by atoms with E-state index >= 15 is 0 Å². The molecule has 4 rings (SSSR count). The van der Waals surface area contributed by atoms with E-state index in [1.54, 1.807) is 42.6 Å². The van der Waals surface area contributed by atoms with Gasteiger partial charge in [-0.25, -0.2) is 19.2 Å². The Morgan fingerprint density at radius 3 is 2.34 bits per heavy atom. The molecule has 0 aliphatic carbocycles. The lowest BCUT2D eigenvalue weighted by atomic mass is 10.1. The Hall–Kier alpha value is -4.21. The van der Waals surface area contributed by atoms with Gasteiger partial charge in [-0.3, -0.25) is 0 Å². The number of nitrogens with one attached hydrogen (secondary N) is 1. The number of ether oxygens (including phenoxy) is 2. The van der Waals surface area contributed by atoms with E-state index in [2.05, 4.69) is 15.3 Å². The first-order chi connectivity index (χ1) is 16.7. The fourth-order valence-corrected chi connectivity index (χ4v) is 3.45. The first-order valence-corrected chi connectivity index (χ1v) is 10.4. The van der Waals surface area contributed by atoms with Crippen LogP contribution in [0.3, 0.4) is 0 Å². The van der Waals surface area contributed by atoms with Crippen LogP contribution in [0.15, 0.2) is 67.0 Å². The van der Waals surface area contributed by atoms with Gasteiger partial charge in [0.1, 0.15) is 5.82 Å². The van der Waals surface area contributed by atoms with E-state index in [9.17, 15) is 22.4 Å². The smallest absolute Gasteiger partial charge is 0.416 e. The number of pyridine rings is 2. The van der Waals surface area contributed by atoms with Crippen LogP contribution in [0.5, 0.6) is 11.6 Å². The number of carbonyl (C=O) groups is 1. The molecule has 0 amide bonds. The van der Waals surface area contributed by atoms with Gasteiger partial charge in [-0.1, -0.05) is 12.1 Å². The number of esters is 1. The number of benzene rings is 2. The molecule has 1 N–H and O–H groups in total. The van der Waals surface area contributed by atoms with Crippen LogP contribution >= 0.6 is 0 Å². The average Bonchev–Trinajstić information content (AvgIpc) is 2.84. The number of rotatable bonds is 6. The van der Waals surface area contributed by atoms with Crippen molar-refractivity contribution in [3.8, 4) is 11.6 Å². The molecule has 0 bridgehead atoms. The minimum absolute atomic E-state index is 0.107. The van der Waals surface area contributed by atoms with E-state index in [4.69, 9.17) is 9.47 Å². The highest BCUT2D eigenvalue weighted by Gasteiger charge is 2.31. The first kappa shape index (κ1) is 23.9. The molecular weight excluding hydrogens is 466 g/mol. The zero-order valence-electron chi connectivity index (χ0n) is 18.6. The molecule has 0 spiro atoms. The summed E-state index contributed by atoms with van der Waals surface area (Å²) >= 11 is 0. The third-order valence-corrected chi connectivity index (χ3v) is 5.29. The molecule has 35 heavy (non-hydrogen) atoms. The summed E-state index contributed by atoms with van der Waals surface area (Å²) in [5.41, 5.74) is 0.177. The molecule has 4 aromatic rings. The Morgan fingerprint density at radius 2 is 1.69 bits per heavy atom. The van der Waals surface area contributed by atoms with Gasteiger partial charge < -0.3 is 14.8 Å². The van der Waals surface area contributed by atoms with Crippen molar-refractivity contribution < 1.29 is 31.8 Å². The lowest BCUT2D eigenvalue weighted by Crippen LogP contribution is -2.10. The van der Waals surface area contributed by atoms with Crippen LogP contribution in [0.2, 0.25) is 0 Å². The third kappa shape index (κ3) is 5.16. The van der Waals surface area contributed by atoms with E-state index in [1.807, 2.05) is 6.92 Å². The molecule has 2 aromatic heterocycles.